The summed E-state index contributed by atoms with van der Waals surface area (Å²) >= 11 is 0. The second-order valence-electron chi connectivity index (χ2n) is 5.75. The van der Waals surface area contributed by atoms with Gasteiger partial charge in [-0.1, -0.05) is 36.8 Å². The van der Waals surface area contributed by atoms with E-state index in [2.05, 4.69) is 38.1 Å². The minimum absolute atomic E-state index is 0.120. The lowest BCUT2D eigenvalue weighted by Gasteiger charge is -2.30. The van der Waals surface area contributed by atoms with Gasteiger partial charge in [-0.3, -0.25) is 4.79 Å². The van der Waals surface area contributed by atoms with Crippen molar-refractivity contribution in [2.75, 3.05) is 11.4 Å². The van der Waals surface area contributed by atoms with Crippen LogP contribution in [0.1, 0.15) is 40.4 Å². The summed E-state index contributed by atoms with van der Waals surface area (Å²) in [6.07, 6.45) is 3.06. The van der Waals surface area contributed by atoms with Gasteiger partial charge in [-0.15, -0.1) is 0 Å². The van der Waals surface area contributed by atoms with E-state index in [0.29, 0.717) is 0 Å². The van der Waals surface area contributed by atoms with E-state index in [0.717, 1.165) is 37.1 Å². The van der Waals surface area contributed by atoms with E-state index in [1.807, 2.05) is 23.1 Å². The van der Waals surface area contributed by atoms with Crippen LogP contribution in [0.2, 0.25) is 0 Å². The smallest absolute Gasteiger partial charge is 0.258 e. The zero-order valence-corrected chi connectivity index (χ0v) is 12.7. The fraction of sp³-hybridized carbons (Fsp3) is 0.316. The maximum atomic E-state index is 12.8. The van der Waals surface area contributed by atoms with Crippen molar-refractivity contribution >= 4 is 11.6 Å². The Balaban J connectivity index is 1.96. The summed E-state index contributed by atoms with van der Waals surface area (Å²) in [7, 11) is 0. The highest BCUT2D eigenvalue weighted by Gasteiger charge is 2.23. The lowest BCUT2D eigenvalue weighted by molar-refractivity contribution is 0.0985. The first-order valence-electron chi connectivity index (χ1n) is 7.69. The number of aryl methyl sites for hydroxylation is 3. The summed E-state index contributed by atoms with van der Waals surface area (Å²) in [6, 6.07) is 14.4. The summed E-state index contributed by atoms with van der Waals surface area (Å²) < 4.78 is 0. The Morgan fingerprint density at radius 2 is 2.05 bits per heavy atom. The van der Waals surface area contributed by atoms with Crippen LogP contribution in [0.4, 0.5) is 5.69 Å². The average Bonchev–Trinajstić information content (AvgIpc) is 2.53. The number of hydrogen-bond donors (Lipinski definition) is 0. The van der Waals surface area contributed by atoms with Crippen LogP contribution < -0.4 is 4.90 Å². The molecule has 0 N–H and O–H groups in total. The van der Waals surface area contributed by atoms with Gasteiger partial charge >= 0.3 is 0 Å². The number of nitrogens with zero attached hydrogens (tertiary/aromatic N) is 1. The first-order chi connectivity index (χ1) is 10.2. The molecule has 0 aromatic heterocycles. The standard InChI is InChI=1S/C19H21NO/c1-3-15-6-4-7-17(13-15)19(21)20-11-5-8-16-12-14(2)9-10-18(16)20/h4,6-7,9-10,12-13H,3,5,8,11H2,1-2H3. The minimum Gasteiger partial charge on any atom is -0.308 e. The molecule has 1 amide bonds. The molecule has 1 aliphatic heterocycles. The lowest BCUT2D eigenvalue weighted by atomic mass is 9.98. The summed E-state index contributed by atoms with van der Waals surface area (Å²) in [6.45, 7) is 5.03. The van der Waals surface area contributed by atoms with Crippen LogP contribution in [-0.4, -0.2) is 12.5 Å². The van der Waals surface area contributed by atoms with Crippen LogP contribution in [0.25, 0.3) is 0 Å². The molecule has 1 heterocycles. The van der Waals surface area contributed by atoms with Gasteiger partial charge in [0, 0.05) is 17.8 Å². The van der Waals surface area contributed by atoms with Gasteiger partial charge < -0.3 is 4.90 Å². The summed E-state index contributed by atoms with van der Waals surface area (Å²) in [5.74, 6) is 0.120. The molecule has 2 aromatic carbocycles. The van der Waals surface area contributed by atoms with Gasteiger partial charge in [0.05, 0.1) is 0 Å². The SMILES string of the molecule is CCc1cccc(C(=O)N2CCCc3cc(C)ccc32)c1. The van der Waals surface area contributed by atoms with Crippen LogP contribution in [0.3, 0.4) is 0 Å². The van der Waals surface area contributed by atoms with E-state index in [-0.39, 0.29) is 5.91 Å². The van der Waals surface area contributed by atoms with Gasteiger partial charge in [-0.05, 0) is 55.5 Å². The molecule has 2 heteroatoms. The summed E-state index contributed by atoms with van der Waals surface area (Å²) in [4.78, 5) is 14.8. The van der Waals surface area contributed by atoms with Crippen molar-refractivity contribution in [3.8, 4) is 0 Å². The van der Waals surface area contributed by atoms with Gasteiger partial charge in [0.25, 0.3) is 5.91 Å². The second kappa shape index (κ2) is 5.72. The Morgan fingerprint density at radius 3 is 2.86 bits per heavy atom. The van der Waals surface area contributed by atoms with Gasteiger partial charge in [0.1, 0.15) is 0 Å². The summed E-state index contributed by atoms with van der Waals surface area (Å²) in [5.41, 5.74) is 5.64. The molecule has 0 spiro atoms. The number of fused-ring (bicyclic) bond motifs is 1. The van der Waals surface area contributed by atoms with Crippen molar-refractivity contribution in [2.45, 2.75) is 33.1 Å². The van der Waals surface area contributed by atoms with Gasteiger partial charge in [0.15, 0.2) is 0 Å². The van der Waals surface area contributed by atoms with E-state index in [9.17, 15) is 4.79 Å². The molecular formula is C19H21NO. The quantitative estimate of drug-likeness (QED) is 0.808. The molecule has 0 bridgehead atoms. The Morgan fingerprint density at radius 1 is 1.19 bits per heavy atom. The van der Waals surface area contributed by atoms with E-state index in [1.54, 1.807) is 0 Å². The third-order valence-corrected chi connectivity index (χ3v) is 4.18. The number of benzene rings is 2. The van der Waals surface area contributed by atoms with Crippen LogP contribution in [0, 0.1) is 6.92 Å². The lowest BCUT2D eigenvalue weighted by Crippen LogP contribution is -2.35. The maximum absolute atomic E-state index is 12.8. The molecule has 0 saturated heterocycles. The van der Waals surface area contributed by atoms with Crippen LogP contribution in [0.5, 0.6) is 0 Å². The van der Waals surface area contributed by atoms with Crippen molar-refractivity contribution in [1.29, 1.82) is 0 Å². The number of carbonyl (C=O) groups is 1. The van der Waals surface area contributed by atoms with E-state index >= 15 is 0 Å². The normalized spacial score (nSPS) is 13.9. The number of amides is 1. The molecule has 0 atom stereocenters. The molecule has 0 saturated carbocycles. The van der Waals surface area contributed by atoms with Gasteiger partial charge in [-0.25, -0.2) is 0 Å². The fourth-order valence-electron chi connectivity index (χ4n) is 3.02. The predicted octanol–water partition coefficient (Wildman–Crippen LogP) is 4.15. The molecule has 0 unspecified atom stereocenters. The minimum atomic E-state index is 0.120. The first-order valence-corrected chi connectivity index (χ1v) is 7.69. The summed E-state index contributed by atoms with van der Waals surface area (Å²) in [5, 5.41) is 0. The van der Waals surface area contributed by atoms with E-state index in [4.69, 9.17) is 0 Å². The number of anilines is 1. The predicted molar refractivity (Wildman–Crippen MR) is 87.0 cm³/mol. The fourth-order valence-corrected chi connectivity index (χ4v) is 3.02. The molecule has 1 aliphatic rings. The molecular weight excluding hydrogens is 258 g/mol. The van der Waals surface area contributed by atoms with Crippen LogP contribution in [-0.2, 0) is 12.8 Å². The van der Waals surface area contributed by atoms with Crippen molar-refractivity contribution in [2.24, 2.45) is 0 Å². The topological polar surface area (TPSA) is 20.3 Å². The van der Waals surface area contributed by atoms with Crippen LogP contribution in [0.15, 0.2) is 42.5 Å². The Kier molecular flexibility index (Phi) is 3.78. The zero-order valence-electron chi connectivity index (χ0n) is 12.7. The third-order valence-electron chi connectivity index (χ3n) is 4.18. The Labute approximate surface area is 126 Å². The highest BCUT2D eigenvalue weighted by atomic mass is 16.2. The first kappa shape index (κ1) is 13.9. The zero-order chi connectivity index (χ0) is 14.8. The Hall–Kier alpha value is -2.09. The van der Waals surface area contributed by atoms with Crippen molar-refractivity contribution < 1.29 is 4.79 Å². The molecule has 2 nitrogen and oxygen atoms in total. The average molecular weight is 279 g/mol. The highest BCUT2D eigenvalue weighted by molar-refractivity contribution is 6.06. The van der Waals surface area contributed by atoms with Crippen molar-refractivity contribution in [1.82, 2.24) is 0 Å². The second-order valence-corrected chi connectivity index (χ2v) is 5.75. The third kappa shape index (κ3) is 2.71. The molecule has 21 heavy (non-hydrogen) atoms. The number of hydrogen-bond acceptors (Lipinski definition) is 1. The van der Waals surface area contributed by atoms with Crippen molar-refractivity contribution in [3.05, 3.63) is 64.7 Å². The maximum Gasteiger partial charge on any atom is 0.258 e. The van der Waals surface area contributed by atoms with Gasteiger partial charge in [-0.2, -0.15) is 0 Å². The van der Waals surface area contributed by atoms with Crippen LogP contribution >= 0.6 is 0 Å². The molecule has 3 rings (SSSR count). The number of rotatable bonds is 2. The molecule has 2 aromatic rings. The largest absolute Gasteiger partial charge is 0.308 e. The number of carbonyl (C=O) groups excluding carboxylic acids is 1. The molecule has 0 fully saturated rings. The van der Waals surface area contributed by atoms with E-state index in [1.165, 1.54) is 16.7 Å². The van der Waals surface area contributed by atoms with Crippen molar-refractivity contribution in [3.63, 3.8) is 0 Å². The monoisotopic (exact) mass is 279 g/mol. The van der Waals surface area contributed by atoms with E-state index < -0.39 is 0 Å². The molecule has 108 valence electrons. The Bertz CT molecular complexity index is 675. The van der Waals surface area contributed by atoms with Gasteiger partial charge in [0.2, 0.25) is 0 Å². The molecule has 0 radical (unpaired) electrons. The molecule has 0 aliphatic carbocycles. The highest BCUT2D eigenvalue weighted by Crippen LogP contribution is 2.29.